The van der Waals surface area contributed by atoms with Crippen molar-refractivity contribution in [3.8, 4) is 11.4 Å². The molecule has 0 aliphatic rings. The van der Waals surface area contributed by atoms with E-state index >= 15 is 0 Å². The van der Waals surface area contributed by atoms with Crippen molar-refractivity contribution in [3.63, 3.8) is 0 Å². The van der Waals surface area contributed by atoms with Crippen LogP contribution in [-0.2, 0) is 4.79 Å². The molecule has 0 radical (unpaired) electrons. The second-order valence-electron chi connectivity index (χ2n) is 3.28. The number of hydrogen-bond donors (Lipinski definition) is 1. The highest BCUT2D eigenvalue weighted by Crippen LogP contribution is 2.20. The average Bonchev–Trinajstić information content (AvgIpc) is 2.79. The van der Waals surface area contributed by atoms with Gasteiger partial charge >= 0.3 is 0 Å². The van der Waals surface area contributed by atoms with Crippen LogP contribution in [0.15, 0.2) is 30.3 Å². The van der Waals surface area contributed by atoms with Gasteiger partial charge in [0.25, 0.3) is 0 Å². The Kier molecular flexibility index (Phi) is 4.06. The first kappa shape index (κ1) is 12.0. The smallest absolute Gasteiger partial charge is 0.227 e. The summed E-state index contributed by atoms with van der Waals surface area (Å²) in [4.78, 5) is 15.5. The van der Waals surface area contributed by atoms with Crippen LogP contribution in [0.2, 0.25) is 0 Å². The zero-order chi connectivity index (χ0) is 12.1. The summed E-state index contributed by atoms with van der Waals surface area (Å²) in [6, 6.07) is 9.61. The zero-order valence-corrected chi connectivity index (χ0v) is 10.5. The fourth-order valence-corrected chi connectivity index (χ4v) is 2.02. The fraction of sp³-hybridized carbons (Fsp3) is 0.182. The van der Waals surface area contributed by atoms with Gasteiger partial charge in [-0.3, -0.25) is 4.79 Å². The van der Waals surface area contributed by atoms with Gasteiger partial charge in [0.1, 0.15) is 0 Å². The molecule has 17 heavy (non-hydrogen) atoms. The third-order valence-electron chi connectivity index (χ3n) is 2.03. The second kappa shape index (κ2) is 5.75. The van der Waals surface area contributed by atoms with E-state index in [0.29, 0.717) is 16.8 Å². The lowest BCUT2D eigenvalue weighted by Gasteiger charge is -1.96. The van der Waals surface area contributed by atoms with Crippen LogP contribution in [0.3, 0.4) is 0 Å². The summed E-state index contributed by atoms with van der Waals surface area (Å²) < 4.78 is 4.18. The highest BCUT2D eigenvalue weighted by atomic mass is 35.5. The Morgan fingerprint density at radius 2 is 2.12 bits per heavy atom. The van der Waals surface area contributed by atoms with Gasteiger partial charge < -0.3 is 5.32 Å². The summed E-state index contributed by atoms with van der Waals surface area (Å²) in [6.45, 7) is 0. The molecule has 2 aromatic rings. The summed E-state index contributed by atoms with van der Waals surface area (Å²) in [7, 11) is 0. The standard InChI is InChI=1S/C11H10ClN3OS/c12-7-6-9(16)13-11-14-10(15-17-11)8-4-2-1-3-5-8/h1-5H,6-7H2,(H,13,14,15,16). The monoisotopic (exact) mass is 267 g/mol. The molecule has 1 aromatic heterocycles. The van der Waals surface area contributed by atoms with E-state index < -0.39 is 0 Å². The number of rotatable bonds is 4. The van der Waals surface area contributed by atoms with E-state index in [1.165, 1.54) is 0 Å². The third-order valence-corrected chi connectivity index (χ3v) is 2.85. The van der Waals surface area contributed by atoms with Crippen molar-refractivity contribution in [3.05, 3.63) is 30.3 Å². The topological polar surface area (TPSA) is 54.9 Å². The van der Waals surface area contributed by atoms with Gasteiger partial charge in [-0.05, 0) is 0 Å². The summed E-state index contributed by atoms with van der Waals surface area (Å²) >= 11 is 6.63. The van der Waals surface area contributed by atoms with E-state index in [1.807, 2.05) is 30.3 Å². The van der Waals surface area contributed by atoms with Crippen LogP contribution < -0.4 is 5.32 Å². The van der Waals surface area contributed by atoms with E-state index in [0.717, 1.165) is 17.1 Å². The molecule has 0 spiro atoms. The maximum absolute atomic E-state index is 11.3. The van der Waals surface area contributed by atoms with Crippen molar-refractivity contribution >= 4 is 34.2 Å². The Labute approximate surface area is 108 Å². The quantitative estimate of drug-likeness (QED) is 0.867. The second-order valence-corrected chi connectivity index (χ2v) is 4.41. The molecule has 4 nitrogen and oxygen atoms in total. The average molecular weight is 268 g/mol. The van der Waals surface area contributed by atoms with Gasteiger partial charge in [-0.1, -0.05) is 30.3 Å². The molecule has 0 saturated carbocycles. The number of halogens is 1. The number of amides is 1. The van der Waals surface area contributed by atoms with Crippen LogP contribution >= 0.6 is 23.1 Å². The van der Waals surface area contributed by atoms with Crippen molar-refractivity contribution in [1.82, 2.24) is 9.36 Å². The van der Waals surface area contributed by atoms with Crippen molar-refractivity contribution in [2.24, 2.45) is 0 Å². The molecular weight excluding hydrogens is 258 g/mol. The molecule has 0 atom stereocenters. The number of nitrogens with zero attached hydrogens (tertiary/aromatic N) is 2. The Morgan fingerprint density at radius 3 is 2.82 bits per heavy atom. The number of benzene rings is 1. The van der Waals surface area contributed by atoms with Crippen LogP contribution in [0.4, 0.5) is 5.13 Å². The van der Waals surface area contributed by atoms with Crippen LogP contribution in [0.1, 0.15) is 6.42 Å². The van der Waals surface area contributed by atoms with Crippen molar-refractivity contribution in [1.29, 1.82) is 0 Å². The lowest BCUT2D eigenvalue weighted by atomic mass is 10.2. The van der Waals surface area contributed by atoms with Gasteiger partial charge in [-0.25, -0.2) is 0 Å². The molecule has 0 saturated heterocycles. The van der Waals surface area contributed by atoms with Crippen molar-refractivity contribution < 1.29 is 4.79 Å². The third kappa shape index (κ3) is 3.25. The number of anilines is 1. The first-order valence-electron chi connectivity index (χ1n) is 5.04. The molecule has 2 rings (SSSR count). The van der Waals surface area contributed by atoms with Crippen LogP contribution in [0, 0.1) is 0 Å². The maximum Gasteiger partial charge on any atom is 0.227 e. The lowest BCUT2D eigenvalue weighted by molar-refractivity contribution is -0.115. The number of aromatic nitrogens is 2. The van der Waals surface area contributed by atoms with Crippen LogP contribution in [-0.4, -0.2) is 21.1 Å². The summed E-state index contributed by atoms with van der Waals surface area (Å²) in [6.07, 6.45) is 0.280. The SMILES string of the molecule is O=C(CCCl)Nc1nc(-c2ccccc2)ns1. The normalized spacial score (nSPS) is 10.2. The van der Waals surface area contributed by atoms with E-state index in [2.05, 4.69) is 14.7 Å². The van der Waals surface area contributed by atoms with E-state index in [1.54, 1.807) is 0 Å². The number of carbonyl (C=O) groups excluding carboxylic acids is 1. The highest BCUT2D eigenvalue weighted by Gasteiger charge is 2.08. The minimum Gasteiger partial charge on any atom is -0.301 e. The van der Waals surface area contributed by atoms with Gasteiger partial charge in [-0.15, -0.1) is 11.6 Å². The molecule has 0 fully saturated rings. The largest absolute Gasteiger partial charge is 0.301 e. The van der Waals surface area contributed by atoms with Gasteiger partial charge in [0.15, 0.2) is 5.82 Å². The van der Waals surface area contributed by atoms with E-state index in [-0.39, 0.29) is 12.3 Å². The Balaban J connectivity index is 2.09. The molecule has 0 aliphatic carbocycles. The molecule has 1 aromatic carbocycles. The van der Waals surface area contributed by atoms with E-state index in [9.17, 15) is 4.79 Å². The van der Waals surface area contributed by atoms with Gasteiger partial charge in [0.05, 0.1) is 0 Å². The minimum atomic E-state index is -0.143. The predicted molar refractivity (Wildman–Crippen MR) is 69.3 cm³/mol. The number of carbonyl (C=O) groups is 1. The molecule has 1 heterocycles. The van der Waals surface area contributed by atoms with E-state index in [4.69, 9.17) is 11.6 Å². The van der Waals surface area contributed by atoms with Crippen molar-refractivity contribution in [2.45, 2.75) is 6.42 Å². The molecule has 0 bridgehead atoms. The van der Waals surface area contributed by atoms with Crippen molar-refractivity contribution in [2.75, 3.05) is 11.2 Å². The number of alkyl halides is 1. The first-order valence-corrected chi connectivity index (χ1v) is 6.35. The molecular formula is C11H10ClN3OS. The zero-order valence-electron chi connectivity index (χ0n) is 8.89. The molecule has 0 unspecified atom stereocenters. The van der Waals surface area contributed by atoms with Crippen LogP contribution in [0.25, 0.3) is 11.4 Å². The maximum atomic E-state index is 11.3. The fourth-order valence-electron chi connectivity index (χ4n) is 1.25. The molecule has 1 N–H and O–H groups in total. The Bertz CT molecular complexity index is 500. The molecule has 88 valence electrons. The minimum absolute atomic E-state index is 0.143. The number of hydrogen-bond acceptors (Lipinski definition) is 4. The summed E-state index contributed by atoms with van der Waals surface area (Å²) in [5.41, 5.74) is 0.932. The summed E-state index contributed by atoms with van der Waals surface area (Å²) in [5.74, 6) is 0.781. The first-order chi connectivity index (χ1) is 8.29. The van der Waals surface area contributed by atoms with Gasteiger partial charge in [0.2, 0.25) is 11.0 Å². The predicted octanol–water partition coefficient (Wildman–Crippen LogP) is 2.77. The van der Waals surface area contributed by atoms with Gasteiger partial charge in [-0.2, -0.15) is 9.36 Å². The lowest BCUT2D eigenvalue weighted by Crippen LogP contribution is -2.11. The molecule has 1 amide bonds. The van der Waals surface area contributed by atoms with Gasteiger partial charge in [0, 0.05) is 29.4 Å². The summed E-state index contributed by atoms with van der Waals surface area (Å²) in [5, 5.41) is 3.15. The number of nitrogens with one attached hydrogen (secondary N) is 1. The molecule has 0 aliphatic heterocycles. The Hall–Kier alpha value is -1.46. The Morgan fingerprint density at radius 1 is 1.35 bits per heavy atom. The molecule has 6 heteroatoms. The van der Waals surface area contributed by atoms with Crippen LogP contribution in [0.5, 0.6) is 0 Å². The highest BCUT2D eigenvalue weighted by molar-refractivity contribution is 7.10.